The second-order valence-electron chi connectivity index (χ2n) is 4.01. The van der Waals surface area contributed by atoms with Crippen molar-refractivity contribution in [3.8, 4) is 17.2 Å². The van der Waals surface area contributed by atoms with Crippen LogP contribution in [0.25, 0.3) is 17.1 Å². The van der Waals surface area contributed by atoms with Gasteiger partial charge in [0.1, 0.15) is 16.4 Å². The molecule has 3 rings (SSSR count). The Morgan fingerprint density at radius 3 is 2.90 bits per heavy atom. The number of nitrogens with zero attached hydrogens (tertiary/aromatic N) is 3. The van der Waals surface area contributed by atoms with Crippen LogP contribution < -0.4 is 10.5 Å². The van der Waals surface area contributed by atoms with Crippen LogP contribution in [0.5, 0.6) is 5.75 Å². The number of furan rings is 1. The van der Waals surface area contributed by atoms with Crippen LogP contribution in [-0.4, -0.2) is 21.4 Å². The topological polar surface area (TPSA) is 109 Å². The number of rotatable bonds is 3. The van der Waals surface area contributed by atoms with E-state index in [-0.39, 0.29) is 11.6 Å². The third-order valence-corrected chi connectivity index (χ3v) is 2.88. The van der Waals surface area contributed by atoms with E-state index in [1.54, 1.807) is 22.7 Å². The summed E-state index contributed by atoms with van der Waals surface area (Å²) in [4.78, 5) is 14.3. The summed E-state index contributed by atoms with van der Waals surface area (Å²) in [6.45, 7) is 0. The number of imidazole rings is 1. The molecule has 0 spiro atoms. The summed E-state index contributed by atoms with van der Waals surface area (Å²) in [5.41, 5.74) is 6.85. The van der Waals surface area contributed by atoms with Gasteiger partial charge in [-0.05, 0) is 18.2 Å². The second kappa shape index (κ2) is 4.26. The third kappa shape index (κ3) is 1.66. The molecule has 0 aromatic carbocycles. The number of nitrogens with two attached hydrogens (primary N) is 1. The molecule has 0 amide bonds. The van der Waals surface area contributed by atoms with Crippen LogP contribution in [0.4, 0.5) is 11.7 Å². The van der Waals surface area contributed by atoms with E-state index in [4.69, 9.17) is 14.9 Å². The molecule has 3 heterocycles. The lowest BCUT2D eigenvalue weighted by Crippen LogP contribution is -1.94. The van der Waals surface area contributed by atoms with E-state index in [1.807, 2.05) is 0 Å². The van der Waals surface area contributed by atoms with E-state index in [1.165, 1.54) is 19.2 Å². The Hall–Kier alpha value is -3.03. The first-order valence-corrected chi connectivity index (χ1v) is 5.67. The van der Waals surface area contributed by atoms with Gasteiger partial charge < -0.3 is 14.9 Å². The highest BCUT2D eigenvalue weighted by Crippen LogP contribution is 2.32. The van der Waals surface area contributed by atoms with Gasteiger partial charge in [0.2, 0.25) is 0 Å². The first-order chi connectivity index (χ1) is 9.61. The van der Waals surface area contributed by atoms with Gasteiger partial charge in [-0.2, -0.15) is 0 Å². The average molecular weight is 274 g/mol. The molecule has 0 radical (unpaired) electrons. The van der Waals surface area contributed by atoms with Gasteiger partial charge in [0.05, 0.1) is 13.2 Å². The summed E-state index contributed by atoms with van der Waals surface area (Å²) < 4.78 is 11.9. The molecule has 0 aliphatic carbocycles. The Morgan fingerprint density at radius 2 is 2.25 bits per heavy atom. The largest absolute Gasteiger partial charge is 0.493 e. The second-order valence-corrected chi connectivity index (χ2v) is 4.01. The zero-order valence-corrected chi connectivity index (χ0v) is 10.4. The third-order valence-electron chi connectivity index (χ3n) is 2.88. The summed E-state index contributed by atoms with van der Waals surface area (Å²) in [6.07, 6.45) is 1.72. The molecular formula is C12H10N4O4. The first kappa shape index (κ1) is 12.0. The van der Waals surface area contributed by atoms with Gasteiger partial charge in [-0.1, -0.05) is 0 Å². The van der Waals surface area contributed by atoms with E-state index in [0.29, 0.717) is 22.9 Å². The van der Waals surface area contributed by atoms with Crippen LogP contribution in [-0.2, 0) is 0 Å². The molecule has 3 aromatic heterocycles. The first-order valence-electron chi connectivity index (χ1n) is 5.67. The number of pyridine rings is 1. The Balaban J connectivity index is 2.20. The Kier molecular flexibility index (Phi) is 2.56. The van der Waals surface area contributed by atoms with Crippen LogP contribution in [0.3, 0.4) is 0 Å². The predicted octanol–water partition coefficient (Wildman–Crippen LogP) is 2.09. The van der Waals surface area contributed by atoms with Crippen molar-refractivity contribution in [1.29, 1.82) is 0 Å². The Morgan fingerprint density at radius 1 is 1.45 bits per heavy atom. The highest BCUT2D eigenvalue weighted by Gasteiger charge is 2.20. The van der Waals surface area contributed by atoms with Gasteiger partial charge in [0.25, 0.3) is 0 Å². The molecule has 3 aromatic rings. The van der Waals surface area contributed by atoms with E-state index < -0.39 is 4.92 Å². The number of hydrogen-bond donors (Lipinski definition) is 1. The van der Waals surface area contributed by atoms with Crippen molar-refractivity contribution in [2.75, 3.05) is 12.8 Å². The molecule has 8 heteroatoms. The molecule has 0 aliphatic heterocycles. The lowest BCUT2D eigenvalue weighted by atomic mass is 10.3. The van der Waals surface area contributed by atoms with E-state index in [0.717, 1.165) is 0 Å². The number of methoxy groups -OCH3 is 1. The van der Waals surface area contributed by atoms with Gasteiger partial charge in [0.15, 0.2) is 17.2 Å². The molecule has 0 fully saturated rings. The fourth-order valence-electron chi connectivity index (χ4n) is 1.95. The summed E-state index contributed by atoms with van der Waals surface area (Å²) >= 11 is 0. The van der Waals surface area contributed by atoms with Crippen molar-refractivity contribution in [3.63, 3.8) is 0 Å². The van der Waals surface area contributed by atoms with Crippen LogP contribution in [0.15, 0.2) is 34.9 Å². The number of fused-ring (bicyclic) bond motifs is 1. The molecule has 8 nitrogen and oxygen atoms in total. The number of anilines is 1. The summed E-state index contributed by atoms with van der Waals surface area (Å²) in [6, 6.07) is 6.23. The highest BCUT2D eigenvalue weighted by atomic mass is 16.6. The SMILES string of the molecule is COc1cccn2c(N)c(-c3ccc([N+](=O)[O-])o3)nc12. The van der Waals surface area contributed by atoms with Crippen molar-refractivity contribution < 1.29 is 14.1 Å². The lowest BCUT2D eigenvalue weighted by Gasteiger charge is -2.01. The van der Waals surface area contributed by atoms with Crippen molar-refractivity contribution in [2.24, 2.45) is 0 Å². The van der Waals surface area contributed by atoms with Gasteiger partial charge >= 0.3 is 5.88 Å². The Bertz CT molecular complexity index is 805. The van der Waals surface area contributed by atoms with Crippen molar-refractivity contribution in [1.82, 2.24) is 9.38 Å². The molecule has 0 unspecified atom stereocenters. The molecule has 102 valence electrons. The Labute approximate surface area is 112 Å². The van der Waals surface area contributed by atoms with Crippen molar-refractivity contribution in [3.05, 3.63) is 40.6 Å². The minimum Gasteiger partial charge on any atom is -0.493 e. The maximum atomic E-state index is 10.6. The molecule has 0 aliphatic rings. The summed E-state index contributed by atoms with van der Waals surface area (Å²) in [7, 11) is 1.53. The lowest BCUT2D eigenvalue weighted by molar-refractivity contribution is -0.401. The van der Waals surface area contributed by atoms with E-state index >= 15 is 0 Å². The predicted molar refractivity (Wildman–Crippen MR) is 70.5 cm³/mol. The normalized spacial score (nSPS) is 10.8. The van der Waals surface area contributed by atoms with Crippen molar-refractivity contribution >= 4 is 17.3 Å². The zero-order chi connectivity index (χ0) is 14.3. The molecule has 0 saturated heterocycles. The molecular weight excluding hydrogens is 264 g/mol. The number of hydrogen-bond acceptors (Lipinski definition) is 6. The van der Waals surface area contributed by atoms with Gasteiger partial charge in [-0.3, -0.25) is 14.5 Å². The fourth-order valence-corrected chi connectivity index (χ4v) is 1.95. The number of nitrogen functional groups attached to an aromatic ring is 1. The quantitative estimate of drug-likeness (QED) is 0.578. The van der Waals surface area contributed by atoms with E-state index in [2.05, 4.69) is 4.98 Å². The monoisotopic (exact) mass is 274 g/mol. The molecule has 0 atom stereocenters. The molecule has 0 saturated carbocycles. The standard InChI is InChI=1S/C12H10N4O4/c1-19-8-3-2-6-15-11(13)10(14-12(8)15)7-4-5-9(20-7)16(17)18/h2-6H,13H2,1H3. The molecule has 0 bridgehead atoms. The molecule has 2 N–H and O–H groups in total. The minimum absolute atomic E-state index is 0.236. The smallest absolute Gasteiger partial charge is 0.433 e. The van der Waals surface area contributed by atoms with Crippen LogP contribution in [0.1, 0.15) is 0 Å². The highest BCUT2D eigenvalue weighted by molar-refractivity contribution is 5.74. The van der Waals surface area contributed by atoms with Gasteiger partial charge in [-0.15, -0.1) is 0 Å². The fraction of sp³-hybridized carbons (Fsp3) is 0.0833. The maximum Gasteiger partial charge on any atom is 0.433 e. The van der Waals surface area contributed by atoms with Crippen LogP contribution in [0.2, 0.25) is 0 Å². The van der Waals surface area contributed by atoms with Crippen LogP contribution >= 0.6 is 0 Å². The van der Waals surface area contributed by atoms with Crippen LogP contribution in [0, 0.1) is 10.1 Å². The maximum absolute atomic E-state index is 10.6. The number of nitro groups is 1. The number of aromatic nitrogens is 2. The van der Waals surface area contributed by atoms with Gasteiger partial charge in [0, 0.05) is 6.20 Å². The van der Waals surface area contributed by atoms with E-state index in [9.17, 15) is 10.1 Å². The zero-order valence-electron chi connectivity index (χ0n) is 10.4. The number of ether oxygens (including phenoxy) is 1. The summed E-state index contributed by atoms with van der Waals surface area (Å²) in [5.74, 6) is 0.748. The molecule has 20 heavy (non-hydrogen) atoms. The average Bonchev–Trinajstić information content (AvgIpc) is 3.04. The van der Waals surface area contributed by atoms with Gasteiger partial charge in [-0.25, -0.2) is 4.98 Å². The minimum atomic E-state index is -0.615. The summed E-state index contributed by atoms with van der Waals surface area (Å²) in [5, 5.41) is 10.6. The van der Waals surface area contributed by atoms with Crippen molar-refractivity contribution in [2.45, 2.75) is 0 Å².